The normalized spacial score (nSPS) is 18.1. The fraction of sp³-hybridized carbons (Fsp3) is 0.429. The van der Waals surface area contributed by atoms with Gasteiger partial charge in [-0.1, -0.05) is 13.8 Å². The van der Waals surface area contributed by atoms with E-state index in [4.69, 9.17) is 0 Å². The second-order valence-electron chi connectivity index (χ2n) is 11.3. The second kappa shape index (κ2) is 8.41. The fourth-order valence-electron chi connectivity index (χ4n) is 5.76. The molecule has 1 fully saturated rings. The molecule has 3 aromatic rings. The number of anilines is 2. The first-order valence-corrected chi connectivity index (χ1v) is 12.8. The number of hydrogen-bond acceptors (Lipinski definition) is 5. The number of aliphatic hydroxyl groups excluding tert-OH is 1. The number of amides is 2. The van der Waals surface area contributed by atoms with Crippen molar-refractivity contribution in [2.45, 2.75) is 52.7 Å². The van der Waals surface area contributed by atoms with Gasteiger partial charge in [0.2, 0.25) is 5.91 Å². The molecule has 1 aliphatic carbocycles. The number of carbonyl (C=O) groups is 2. The van der Waals surface area contributed by atoms with Crippen LogP contribution in [-0.4, -0.2) is 37.6 Å². The first kappa shape index (κ1) is 23.7. The summed E-state index contributed by atoms with van der Waals surface area (Å²) < 4.78 is 3.71. The molecule has 3 aromatic heterocycles. The zero-order chi connectivity index (χ0) is 26.1. The lowest BCUT2D eigenvalue weighted by molar-refractivity contribution is -0.117. The summed E-state index contributed by atoms with van der Waals surface area (Å²) in [5.41, 5.74) is 4.88. The van der Waals surface area contributed by atoms with Crippen LogP contribution in [0.4, 0.5) is 11.5 Å². The Morgan fingerprint density at radius 3 is 2.73 bits per heavy atom. The number of carbonyl (C=O) groups excluding carboxylic acids is 2. The van der Waals surface area contributed by atoms with Gasteiger partial charge in [0.15, 0.2) is 0 Å². The number of aryl methyl sites for hydroxylation is 1. The fourth-order valence-corrected chi connectivity index (χ4v) is 5.76. The first-order chi connectivity index (χ1) is 17.7. The van der Waals surface area contributed by atoms with Crippen molar-refractivity contribution in [2.75, 3.05) is 16.8 Å². The maximum Gasteiger partial charge on any atom is 0.274 e. The van der Waals surface area contributed by atoms with E-state index in [-0.39, 0.29) is 41.0 Å². The number of aliphatic hydroxyl groups is 1. The average Bonchev–Trinajstić information content (AvgIpc) is 3.60. The van der Waals surface area contributed by atoms with Crippen LogP contribution in [0.25, 0.3) is 11.1 Å². The number of pyridine rings is 2. The SMILES string of the molecule is Cn1cc(-c2ccnc(N3CCc4c(cc5n4CC(C)(C)C5)C3=O)c2CO)cc(NC(=O)C2CC2)c1=O. The minimum atomic E-state index is -0.331. The van der Waals surface area contributed by atoms with E-state index in [2.05, 4.69) is 28.7 Å². The standard InChI is InChI=1S/C28H31N5O4/c1-28(2)12-18-11-20-23(33(18)15-28)7-9-32(26(20)36)24-21(14-34)19(6-8-29-24)17-10-22(27(37)31(3)13-17)30-25(35)16-4-5-16/h6,8,10-11,13,16,34H,4-5,7,9,12,14-15H2,1-3H3,(H,30,35). The molecule has 9 nitrogen and oxygen atoms in total. The molecule has 3 aliphatic rings. The summed E-state index contributed by atoms with van der Waals surface area (Å²) in [6.07, 6.45) is 6.61. The van der Waals surface area contributed by atoms with Gasteiger partial charge in [0, 0.05) is 67.4 Å². The molecular weight excluding hydrogens is 470 g/mol. The van der Waals surface area contributed by atoms with E-state index in [1.165, 1.54) is 10.3 Å². The number of rotatable bonds is 5. The summed E-state index contributed by atoms with van der Waals surface area (Å²) in [5.74, 6) is 0.119. The van der Waals surface area contributed by atoms with Gasteiger partial charge in [-0.05, 0) is 48.4 Å². The van der Waals surface area contributed by atoms with E-state index >= 15 is 0 Å². The minimum absolute atomic E-state index is 0.0364. The van der Waals surface area contributed by atoms with Crippen LogP contribution in [0.3, 0.4) is 0 Å². The third kappa shape index (κ3) is 3.98. The minimum Gasteiger partial charge on any atom is -0.392 e. The van der Waals surface area contributed by atoms with Gasteiger partial charge < -0.3 is 19.6 Å². The number of nitrogens with one attached hydrogen (secondary N) is 1. The smallest absolute Gasteiger partial charge is 0.274 e. The van der Waals surface area contributed by atoms with Crippen molar-refractivity contribution >= 4 is 23.3 Å². The van der Waals surface area contributed by atoms with Gasteiger partial charge >= 0.3 is 0 Å². The Morgan fingerprint density at radius 2 is 2.00 bits per heavy atom. The van der Waals surface area contributed by atoms with Gasteiger partial charge in [-0.25, -0.2) is 4.98 Å². The van der Waals surface area contributed by atoms with Gasteiger partial charge in [-0.2, -0.15) is 0 Å². The van der Waals surface area contributed by atoms with Crippen LogP contribution in [0.5, 0.6) is 0 Å². The Morgan fingerprint density at radius 1 is 1.22 bits per heavy atom. The van der Waals surface area contributed by atoms with Crippen LogP contribution in [0, 0.1) is 11.3 Å². The summed E-state index contributed by atoms with van der Waals surface area (Å²) >= 11 is 0. The maximum atomic E-state index is 13.6. The molecule has 192 valence electrons. The Bertz CT molecular complexity index is 1510. The van der Waals surface area contributed by atoms with Crippen LogP contribution in [0.2, 0.25) is 0 Å². The summed E-state index contributed by atoms with van der Waals surface area (Å²) in [7, 11) is 1.63. The molecule has 0 aromatic carbocycles. The van der Waals surface area contributed by atoms with Crippen LogP contribution in [-0.2, 0) is 37.8 Å². The van der Waals surface area contributed by atoms with Crippen LogP contribution in [0.1, 0.15) is 54.0 Å². The highest BCUT2D eigenvalue weighted by Crippen LogP contribution is 2.39. The molecule has 37 heavy (non-hydrogen) atoms. The van der Waals surface area contributed by atoms with Gasteiger partial charge in [-0.15, -0.1) is 0 Å². The third-order valence-corrected chi connectivity index (χ3v) is 7.74. The molecule has 0 bridgehead atoms. The van der Waals surface area contributed by atoms with Gasteiger partial charge in [0.25, 0.3) is 11.5 Å². The van der Waals surface area contributed by atoms with Crippen LogP contribution >= 0.6 is 0 Å². The van der Waals surface area contributed by atoms with Crippen molar-refractivity contribution in [2.24, 2.45) is 18.4 Å². The summed E-state index contributed by atoms with van der Waals surface area (Å²) in [6.45, 7) is 5.53. The molecule has 6 rings (SSSR count). The number of aromatic nitrogens is 3. The highest BCUT2D eigenvalue weighted by molar-refractivity contribution is 6.08. The van der Waals surface area contributed by atoms with Crippen molar-refractivity contribution in [3.8, 4) is 11.1 Å². The lowest BCUT2D eigenvalue weighted by Crippen LogP contribution is -2.39. The molecule has 0 spiro atoms. The summed E-state index contributed by atoms with van der Waals surface area (Å²) in [4.78, 5) is 44.8. The molecule has 0 radical (unpaired) electrons. The van der Waals surface area contributed by atoms with Crippen molar-refractivity contribution in [3.63, 3.8) is 0 Å². The molecule has 2 amide bonds. The quantitative estimate of drug-likeness (QED) is 0.559. The maximum absolute atomic E-state index is 13.6. The summed E-state index contributed by atoms with van der Waals surface area (Å²) in [5, 5.41) is 13.2. The Balaban J connectivity index is 1.37. The molecule has 0 unspecified atom stereocenters. The molecule has 5 heterocycles. The lowest BCUT2D eigenvalue weighted by atomic mass is 9.90. The van der Waals surface area contributed by atoms with Crippen molar-refractivity contribution in [3.05, 3.63) is 63.5 Å². The number of nitrogens with zero attached hydrogens (tertiary/aromatic N) is 4. The molecule has 2 aliphatic heterocycles. The number of fused-ring (bicyclic) bond motifs is 3. The Labute approximate surface area is 214 Å². The van der Waals surface area contributed by atoms with Gasteiger partial charge in [0.1, 0.15) is 11.5 Å². The Kier molecular flexibility index (Phi) is 5.38. The highest BCUT2D eigenvalue weighted by atomic mass is 16.3. The zero-order valence-electron chi connectivity index (χ0n) is 21.4. The predicted molar refractivity (Wildman–Crippen MR) is 139 cm³/mol. The monoisotopic (exact) mass is 501 g/mol. The average molecular weight is 502 g/mol. The second-order valence-corrected chi connectivity index (χ2v) is 11.3. The molecule has 1 saturated carbocycles. The van der Waals surface area contributed by atoms with Crippen LogP contribution in [0.15, 0.2) is 35.4 Å². The van der Waals surface area contributed by atoms with E-state index < -0.39 is 0 Å². The lowest BCUT2D eigenvalue weighted by Gasteiger charge is -2.29. The Hall–Kier alpha value is -3.72. The van der Waals surface area contributed by atoms with E-state index in [1.807, 2.05) is 6.07 Å². The largest absolute Gasteiger partial charge is 0.392 e. The topological polar surface area (TPSA) is 109 Å². The predicted octanol–water partition coefficient (Wildman–Crippen LogP) is 2.87. The highest BCUT2D eigenvalue weighted by Gasteiger charge is 2.37. The van der Waals surface area contributed by atoms with Crippen LogP contribution < -0.4 is 15.8 Å². The third-order valence-electron chi connectivity index (χ3n) is 7.74. The summed E-state index contributed by atoms with van der Waals surface area (Å²) in [6, 6.07) is 5.41. The van der Waals surface area contributed by atoms with E-state index in [0.717, 1.165) is 31.5 Å². The van der Waals surface area contributed by atoms with Crippen molar-refractivity contribution in [1.29, 1.82) is 0 Å². The van der Waals surface area contributed by atoms with Crippen molar-refractivity contribution in [1.82, 2.24) is 14.1 Å². The van der Waals surface area contributed by atoms with E-state index in [9.17, 15) is 19.5 Å². The zero-order valence-corrected chi connectivity index (χ0v) is 21.4. The first-order valence-electron chi connectivity index (χ1n) is 12.8. The van der Waals surface area contributed by atoms with E-state index in [1.54, 1.807) is 36.5 Å². The van der Waals surface area contributed by atoms with Crippen molar-refractivity contribution < 1.29 is 14.7 Å². The van der Waals surface area contributed by atoms with E-state index in [0.29, 0.717) is 41.0 Å². The molecular formula is C28H31N5O4. The molecule has 0 atom stereocenters. The molecule has 9 heteroatoms. The van der Waals surface area contributed by atoms with Gasteiger partial charge in [0.05, 0.1) is 12.2 Å². The molecule has 0 saturated heterocycles. The molecule has 2 N–H and O–H groups in total. The van der Waals surface area contributed by atoms with Gasteiger partial charge in [-0.3, -0.25) is 19.3 Å². The number of hydrogen-bond donors (Lipinski definition) is 2.